The van der Waals surface area contributed by atoms with E-state index < -0.39 is 11.8 Å². The molecule has 1 aliphatic rings. The fraction of sp³-hybridized carbons (Fsp3) is 0.267. The van der Waals surface area contributed by atoms with Crippen molar-refractivity contribution in [3.8, 4) is 0 Å². The molecule has 1 heterocycles. The van der Waals surface area contributed by atoms with Gasteiger partial charge in [0, 0.05) is 25.9 Å². The van der Waals surface area contributed by atoms with Crippen molar-refractivity contribution < 1.29 is 14.4 Å². The van der Waals surface area contributed by atoms with Crippen molar-refractivity contribution in [3.63, 3.8) is 0 Å². The molecule has 0 unspecified atom stereocenters. The highest BCUT2D eigenvalue weighted by molar-refractivity contribution is 6.04. The van der Waals surface area contributed by atoms with Crippen LogP contribution in [0, 0.1) is 0 Å². The Balaban J connectivity index is 2.01. The van der Waals surface area contributed by atoms with Gasteiger partial charge in [0.15, 0.2) is 0 Å². The summed E-state index contributed by atoms with van der Waals surface area (Å²) in [5.41, 5.74) is 1.94. The Kier molecular flexibility index (Phi) is 4.37. The molecule has 0 aliphatic carbocycles. The molecule has 0 bridgehead atoms. The summed E-state index contributed by atoms with van der Waals surface area (Å²) in [4.78, 5) is 37.6. The predicted octanol–water partition coefficient (Wildman–Crippen LogP) is 0.251. The first-order valence-electron chi connectivity index (χ1n) is 6.53. The minimum atomic E-state index is -0.455. The normalized spacial score (nSPS) is 15.2. The number of amides is 3. The van der Waals surface area contributed by atoms with Gasteiger partial charge in [-0.25, -0.2) is 0 Å². The Bertz CT molecular complexity index is 575. The van der Waals surface area contributed by atoms with Crippen LogP contribution in [0.4, 0.5) is 5.69 Å². The average Bonchev–Trinajstić information content (AvgIpc) is 2.44. The van der Waals surface area contributed by atoms with Gasteiger partial charge in [0.2, 0.25) is 17.7 Å². The van der Waals surface area contributed by atoms with Crippen LogP contribution in [-0.4, -0.2) is 49.8 Å². The summed E-state index contributed by atoms with van der Waals surface area (Å²) < 4.78 is 0. The molecular formula is C15H17N3O3. The van der Waals surface area contributed by atoms with E-state index in [0.29, 0.717) is 0 Å². The molecular weight excluding hydrogens is 270 g/mol. The second kappa shape index (κ2) is 6.21. The first-order valence-corrected chi connectivity index (χ1v) is 6.53. The smallest absolute Gasteiger partial charge is 0.247 e. The third-order valence-corrected chi connectivity index (χ3v) is 3.09. The van der Waals surface area contributed by atoms with Crippen molar-refractivity contribution in [1.82, 2.24) is 10.2 Å². The van der Waals surface area contributed by atoms with Gasteiger partial charge in [0.25, 0.3) is 0 Å². The molecule has 1 aromatic rings. The lowest BCUT2D eigenvalue weighted by Gasteiger charge is -2.24. The Morgan fingerprint density at radius 3 is 2.24 bits per heavy atom. The second-order valence-electron chi connectivity index (χ2n) is 4.98. The Morgan fingerprint density at radius 1 is 1.14 bits per heavy atom. The minimum Gasteiger partial charge on any atom is -0.378 e. The van der Waals surface area contributed by atoms with E-state index in [1.807, 2.05) is 43.3 Å². The van der Waals surface area contributed by atoms with E-state index in [1.165, 1.54) is 11.0 Å². The summed E-state index contributed by atoms with van der Waals surface area (Å²) in [7, 11) is 3.90. The van der Waals surface area contributed by atoms with E-state index in [9.17, 15) is 14.4 Å². The van der Waals surface area contributed by atoms with Crippen LogP contribution in [0.5, 0.6) is 0 Å². The summed E-state index contributed by atoms with van der Waals surface area (Å²) >= 11 is 0. The van der Waals surface area contributed by atoms with Gasteiger partial charge in [-0.05, 0) is 23.8 Å². The molecule has 6 heteroatoms. The Labute approximate surface area is 123 Å². The zero-order valence-electron chi connectivity index (χ0n) is 12.0. The van der Waals surface area contributed by atoms with Crippen molar-refractivity contribution in [2.45, 2.75) is 0 Å². The van der Waals surface area contributed by atoms with Gasteiger partial charge in [-0.3, -0.25) is 19.7 Å². The summed E-state index contributed by atoms with van der Waals surface area (Å²) in [6.45, 7) is -0.178. The van der Waals surface area contributed by atoms with Gasteiger partial charge in [0.1, 0.15) is 13.1 Å². The summed E-state index contributed by atoms with van der Waals surface area (Å²) in [6, 6.07) is 7.68. The zero-order chi connectivity index (χ0) is 15.4. The van der Waals surface area contributed by atoms with Gasteiger partial charge < -0.3 is 9.80 Å². The SMILES string of the molecule is CN(C)c1ccc(C=CC(=O)N2CC(=O)NC(=O)C2)cc1. The molecule has 0 saturated carbocycles. The van der Waals surface area contributed by atoms with Crippen LogP contribution in [0.15, 0.2) is 30.3 Å². The van der Waals surface area contributed by atoms with E-state index in [4.69, 9.17) is 0 Å². The van der Waals surface area contributed by atoms with Crippen LogP contribution in [0.3, 0.4) is 0 Å². The second-order valence-corrected chi connectivity index (χ2v) is 4.98. The molecule has 0 spiro atoms. The fourth-order valence-corrected chi connectivity index (χ4v) is 1.95. The number of benzene rings is 1. The lowest BCUT2D eigenvalue weighted by Crippen LogP contribution is -2.52. The summed E-state index contributed by atoms with van der Waals surface area (Å²) in [5.74, 6) is -1.26. The standard InChI is InChI=1S/C15H17N3O3/c1-17(2)12-6-3-11(4-7-12)5-8-15(21)18-9-13(19)16-14(20)10-18/h3-8H,9-10H2,1-2H3,(H,16,19,20). The average molecular weight is 287 g/mol. The van der Waals surface area contributed by atoms with E-state index in [-0.39, 0.29) is 19.0 Å². The molecule has 1 saturated heterocycles. The molecule has 21 heavy (non-hydrogen) atoms. The maximum Gasteiger partial charge on any atom is 0.247 e. The van der Waals surface area contributed by atoms with Gasteiger partial charge >= 0.3 is 0 Å². The van der Waals surface area contributed by atoms with Crippen LogP contribution in [0.2, 0.25) is 0 Å². The maximum absolute atomic E-state index is 11.9. The topological polar surface area (TPSA) is 69.7 Å². The first kappa shape index (κ1) is 14.8. The van der Waals surface area contributed by atoms with E-state index >= 15 is 0 Å². The van der Waals surface area contributed by atoms with Crippen LogP contribution in [0.25, 0.3) is 6.08 Å². The number of imide groups is 1. The Morgan fingerprint density at radius 2 is 1.71 bits per heavy atom. The fourth-order valence-electron chi connectivity index (χ4n) is 1.95. The molecule has 1 aliphatic heterocycles. The molecule has 0 atom stereocenters. The zero-order valence-corrected chi connectivity index (χ0v) is 12.0. The number of nitrogens with zero attached hydrogens (tertiary/aromatic N) is 2. The van der Waals surface area contributed by atoms with Crippen molar-refractivity contribution in [3.05, 3.63) is 35.9 Å². The van der Waals surface area contributed by atoms with Gasteiger partial charge in [-0.15, -0.1) is 0 Å². The molecule has 1 N–H and O–H groups in total. The molecule has 1 aromatic carbocycles. The summed E-state index contributed by atoms with van der Waals surface area (Å²) in [6.07, 6.45) is 3.04. The van der Waals surface area contributed by atoms with Crippen LogP contribution >= 0.6 is 0 Å². The van der Waals surface area contributed by atoms with E-state index in [1.54, 1.807) is 6.08 Å². The van der Waals surface area contributed by atoms with Crippen LogP contribution in [-0.2, 0) is 14.4 Å². The van der Waals surface area contributed by atoms with Crippen LogP contribution < -0.4 is 10.2 Å². The number of hydrogen-bond acceptors (Lipinski definition) is 4. The third kappa shape index (κ3) is 3.92. The van der Waals surface area contributed by atoms with Crippen LogP contribution in [0.1, 0.15) is 5.56 Å². The van der Waals surface area contributed by atoms with Crippen molar-refractivity contribution in [2.24, 2.45) is 0 Å². The molecule has 2 rings (SSSR count). The third-order valence-electron chi connectivity index (χ3n) is 3.09. The minimum absolute atomic E-state index is 0.0888. The van der Waals surface area contributed by atoms with Gasteiger partial charge in [-0.2, -0.15) is 0 Å². The van der Waals surface area contributed by atoms with Crippen molar-refractivity contribution in [1.29, 1.82) is 0 Å². The van der Waals surface area contributed by atoms with E-state index in [2.05, 4.69) is 5.32 Å². The highest BCUT2D eigenvalue weighted by Gasteiger charge is 2.24. The molecule has 3 amide bonds. The Hall–Kier alpha value is -2.63. The number of piperazine rings is 1. The van der Waals surface area contributed by atoms with Crippen molar-refractivity contribution >= 4 is 29.5 Å². The number of hydrogen-bond donors (Lipinski definition) is 1. The molecule has 1 fully saturated rings. The first-order chi connectivity index (χ1) is 9.95. The predicted molar refractivity (Wildman–Crippen MR) is 79.5 cm³/mol. The van der Waals surface area contributed by atoms with Gasteiger partial charge in [-0.1, -0.05) is 12.1 Å². The largest absolute Gasteiger partial charge is 0.378 e. The molecule has 0 aromatic heterocycles. The van der Waals surface area contributed by atoms with Gasteiger partial charge in [0.05, 0.1) is 0 Å². The number of rotatable bonds is 3. The number of carbonyl (C=O) groups excluding carboxylic acids is 3. The lowest BCUT2D eigenvalue weighted by atomic mass is 10.2. The highest BCUT2D eigenvalue weighted by atomic mass is 16.2. The maximum atomic E-state index is 11.9. The molecule has 0 radical (unpaired) electrons. The highest BCUT2D eigenvalue weighted by Crippen LogP contribution is 2.13. The van der Waals surface area contributed by atoms with E-state index in [0.717, 1.165) is 11.3 Å². The molecule has 6 nitrogen and oxygen atoms in total. The monoisotopic (exact) mass is 287 g/mol. The summed E-state index contributed by atoms with van der Waals surface area (Å²) in [5, 5.41) is 2.15. The lowest BCUT2D eigenvalue weighted by molar-refractivity contribution is -0.143. The quantitative estimate of drug-likeness (QED) is 0.639. The number of carbonyl (C=O) groups is 3. The molecule has 110 valence electrons. The van der Waals surface area contributed by atoms with Crippen molar-refractivity contribution in [2.75, 3.05) is 32.1 Å². The number of nitrogens with one attached hydrogen (secondary N) is 1. The number of anilines is 1.